The molecule has 4 aromatic rings. The van der Waals surface area contributed by atoms with E-state index in [1.807, 2.05) is 24.3 Å². The van der Waals surface area contributed by atoms with E-state index in [4.69, 9.17) is 0 Å². The number of anilines is 1. The average Bonchev–Trinajstić information content (AvgIpc) is 2.63. The van der Waals surface area contributed by atoms with E-state index < -0.39 is 0 Å². The van der Waals surface area contributed by atoms with E-state index in [2.05, 4.69) is 47.8 Å². The molecule has 0 fully saturated rings. The Morgan fingerprint density at radius 2 is 2.08 bits per heavy atom. The van der Waals surface area contributed by atoms with E-state index in [0.717, 1.165) is 20.0 Å². The monoisotopic (exact) mass is 429 g/mol. The third-order valence-electron chi connectivity index (χ3n) is 3.75. The molecular formula is C17H12IN5O. The maximum atomic E-state index is 12.3. The number of aromatic nitrogens is 4. The van der Waals surface area contributed by atoms with E-state index >= 15 is 0 Å². The number of nitrogens with zero attached hydrogens (tertiary/aromatic N) is 3. The predicted molar refractivity (Wildman–Crippen MR) is 102 cm³/mol. The normalized spacial score (nSPS) is 11.0. The zero-order valence-electron chi connectivity index (χ0n) is 12.5. The Balaban J connectivity index is 1.91. The lowest BCUT2D eigenvalue weighted by molar-refractivity contribution is 1.04. The van der Waals surface area contributed by atoms with Crippen LogP contribution in [0.5, 0.6) is 0 Å². The van der Waals surface area contributed by atoms with Crippen LogP contribution in [0.4, 0.5) is 5.82 Å². The number of hydrogen-bond acceptors (Lipinski definition) is 5. The number of fused-ring (bicyclic) bond motifs is 3. The van der Waals surface area contributed by atoms with Crippen LogP contribution in [0.2, 0.25) is 0 Å². The maximum absolute atomic E-state index is 12.3. The first kappa shape index (κ1) is 15.0. The smallest absolute Gasteiger partial charge is 0.258 e. The van der Waals surface area contributed by atoms with Crippen molar-refractivity contribution in [3.05, 3.63) is 68.7 Å². The van der Waals surface area contributed by atoms with Gasteiger partial charge in [0, 0.05) is 35.6 Å². The van der Waals surface area contributed by atoms with Crippen LogP contribution < -0.4 is 10.9 Å². The SMILES string of the molecule is O=c1[nH]cc(I)c2nc(NCc3ccccn3)c3ccncc3c12. The average molecular weight is 429 g/mol. The standard InChI is InChI=1S/C17H12IN5O/c18-13-9-22-17(24)14-12-8-19-6-4-11(12)16(23-15(13)14)21-7-10-3-1-2-5-20-10/h1-6,8-9H,7H2,(H,21,23)(H,22,24). The minimum Gasteiger partial charge on any atom is -0.364 e. The largest absolute Gasteiger partial charge is 0.364 e. The highest BCUT2D eigenvalue weighted by Crippen LogP contribution is 2.28. The molecule has 4 aromatic heterocycles. The first-order valence-corrected chi connectivity index (χ1v) is 8.40. The summed E-state index contributed by atoms with van der Waals surface area (Å²) >= 11 is 2.17. The van der Waals surface area contributed by atoms with Crippen molar-refractivity contribution in [3.63, 3.8) is 0 Å². The van der Waals surface area contributed by atoms with Crippen LogP contribution in [-0.4, -0.2) is 19.9 Å². The molecule has 0 amide bonds. The Kier molecular flexibility index (Phi) is 3.85. The van der Waals surface area contributed by atoms with Gasteiger partial charge in [-0.05, 0) is 40.8 Å². The second kappa shape index (κ2) is 6.16. The highest BCUT2D eigenvalue weighted by molar-refractivity contribution is 14.1. The highest BCUT2D eigenvalue weighted by atomic mass is 127. The molecule has 0 aliphatic rings. The number of hydrogen-bond donors (Lipinski definition) is 2. The fraction of sp³-hybridized carbons (Fsp3) is 0.0588. The molecule has 0 radical (unpaired) electrons. The summed E-state index contributed by atoms with van der Waals surface area (Å²) in [5.74, 6) is 0.717. The van der Waals surface area contributed by atoms with E-state index in [1.54, 1.807) is 24.8 Å². The summed E-state index contributed by atoms with van der Waals surface area (Å²) in [6.07, 6.45) is 6.83. The predicted octanol–water partition coefficient (Wildman–Crippen LogP) is 3.08. The molecule has 0 bridgehead atoms. The quantitative estimate of drug-likeness (QED) is 0.387. The molecule has 0 atom stereocenters. The third-order valence-corrected chi connectivity index (χ3v) is 4.57. The molecule has 6 nitrogen and oxygen atoms in total. The van der Waals surface area contributed by atoms with Crippen molar-refractivity contribution in [2.45, 2.75) is 6.54 Å². The molecule has 0 aromatic carbocycles. The van der Waals surface area contributed by atoms with Crippen molar-refractivity contribution in [2.75, 3.05) is 5.32 Å². The Bertz CT molecular complexity index is 1090. The third kappa shape index (κ3) is 2.60. The topological polar surface area (TPSA) is 83.6 Å². The molecule has 24 heavy (non-hydrogen) atoms. The number of nitrogens with one attached hydrogen (secondary N) is 2. The Morgan fingerprint density at radius 1 is 1.17 bits per heavy atom. The van der Waals surface area contributed by atoms with Crippen molar-refractivity contribution in [2.24, 2.45) is 0 Å². The van der Waals surface area contributed by atoms with Gasteiger partial charge in [0.25, 0.3) is 5.56 Å². The van der Waals surface area contributed by atoms with Gasteiger partial charge < -0.3 is 10.3 Å². The zero-order chi connectivity index (χ0) is 16.5. The van der Waals surface area contributed by atoms with E-state index in [9.17, 15) is 4.79 Å². The zero-order valence-corrected chi connectivity index (χ0v) is 14.6. The second-order valence-electron chi connectivity index (χ2n) is 5.25. The minimum absolute atomic E-state index is 0.160. The highest BCUT2D eigenvalue weighted by Gasteiger charge is 2.13. The number of rotatable bonds is 3. The molecular weight excluding hydrogens is 417 g/mol. The van der Waals surface area contributed by atoms with Crippen molar-refractivity contribution < 1.29 is 0 Å². The molecule has 4 rings (SSSR count). The van der Waals surface area contributed by atoms with E-state index in [1.165, 1.54) is 0 Å². The summed E-state index contributed by atoms with van der Waals surface area (Å²) in [6, 6.07) is 7.64. The molecule has 0 spiro atoms. The molecule has 0 unspecified atom stereocenters. The summed E-state index contributed by atoms with van der Waals surface area (Å²) < 4.78 is 0.883. The van der Waals surface area contributed by atoms with Crippen LogP contribution in [0.1, 0.15) is 5.69 Å². The first-order chi connectivity index (χ1) is 11.7. The maximum Gasteiger partial charge on any atom is 0.258 e. The molecule has 4 heterocycles. The van der Waals surface area contributed by atoms with Gasteiger partial charge in [-0.15, -0.1) is 0 Å². The minimum atomic E-state index is -0.160. The summed E-state index contributed by atoms with van der Waals surface area (Å²) in [4.78, 5) is 28.2. The summed E-state index contributed by atoms with van der Waals surface area (Å²) in [7, 11) is 0. The van der Waals surface area contributed by atoms with Crippen LogP contribution in [0.3, 0.4) is 0 Å². The molecule has 2 N–H and O–H groups in total. The molecule has 7 heteroatoms. The summed E-state index contributed by atoms with van der Waals surface area (Å²) in [5, 5.41) is 5.53. The van der Waals surface area contributed by atoms with Gasteiger partial charge in [-0.25, -0.2) is 4.98 Å². The van der Waals surface area contributed by atoms with Crippen LogP contribution in [0.25, 0.3) is 21.7 Å². The van der Waals surface area contributed by atoms with Crippen molar-refractivity contribution in [1.82, 2.24) is 19.9 Å². The fourth-order valence-corrected chi connectivity index (χ4v) is 3.19. The molecule has 0 aliphatic carbocycles. The van der Waals surface area contributed by atoms with Gasteiger partial charge in [-0.3, -0.25) is 14.8 Å². The van der Waals surface area contributed by atoms with Gasteiger partial charge in [0.2, 0.25) is 0 Å². The lowest BCUT2D eigenvalue weighted by Gasteiger charge is -2.11. The van der Waals surface area contributed by atoms with Crippen LogP contribution in [0.15, 0.2) is 53.8 Å². The van der Waals surface area contributed by atoms with Crippen molar-refractivity contribution in [1.29, 1.82) is 0 Å². The number of H-pyrrole nitrogens is 1. The molecule has 118 valence electrons. The number of aromatic amines is 1. The first-order valence-electron chi connectivity index (χ1n) is 7.32. The van der Waals surface area contributed by atoms with Gasteiger partial charge in [-0.1, -0.05) is 6.07 Å². The van der Waals surface area contributed by atoms with E-state index in [-0.39, 0.29) is 5.56 Å². The lowest BCUT2D eigenvalue weighted by Crippen LogP contribution is -2.10. The molecule has 0 saturated heterocycles. The molecule has 0 saturated carbocycles. The lowest BCUT2D eigenvalue weighted by atomic mass is 10.1. The Hall–Kier alpha value is -2.55. The van der Waals surface area contributed by atoms with E-state index in [0.29, 0.717) is 23.3 Å². The van der Waals surface area contributed by atoms with Gasteiger partial charge >= 0.3 is 0 Å². The number of halogens is 1. The van der Waals surface area contributed by atoms with Crippen molar-refractivity contribution >= 4 is 50.1 Å². The second-order valence-corrected chi connectivity index (χ2v) is 6.41. The van der Waals surface area contributed by atoms with Crippen molar-refractivity contribution in [3.8, 4) is 0 Å². The van der Waals surface area contributed by atoms with Gasteiger partial charge in [0.05, 0.1) is 26.7 Å². The summed E-state index contributed by atoms with van der Waals surface area (Å²) in [5.41, 5.74) is 1.43. The van der Waals surface area contributed by atoms with Gasteiger partial charge in [0.1, 0.15) is 5.82 Å². The Labute approximate surface area is 150 Å². The van der Waals surface area contributed by atoms with Crippen LogP contribution in [-0.2, 0) is 6.54 Å². The van der Waals surface area contributed by atoms with Crippen LogP contribution >= 0.6 is 22.6 Å². The number of pyridine rings is 4. The fourth-order valence-electron chi connectivity index (χ4n) is 2.64. The Morgan fingerprint density at radius 3 is 2.92 bits per heavy atom. The summed E-state index contributed by atoms with van der Waals surface area (Å²) in [6.45, 7) is 0.552. The molecule has 0 aliphatic heterocycles. The van der Waals surface area contributed by atoms with Gasteiger partial charge in [-0.2, -0.15) is 0 Å². The van der Waals surface area contributed by atoms with Crippen LogP contribution in [0, 0.1) is 3.57 Å². The van der Waals surface area contributed by atoms with Gasteiger partial charge in [0.15, 0.2) is 0 Å².